The van der Waals surface area contributed by atoms with Crippen molar-refractivity contribution in [1.82, 2.24) is 0 Å². The number of rotatable bonds is 8. The van der Waals surface area contributed by atoms with Gasteiger partial charge in [0.1, 0.15) is 19.5 Å². The molecule has 0 unspecified atom stereocenters. The van der Waals surface area contributed by atoms with E-state index in [4.69, 9.17) is 15.1 Å². The van der Waals surface area contributed by atoms with Crippen LogP contribution in [0.15, 0.2) is 64.9 Å². The Balaban J connectivity index is 2.13. The van der Waals surface area contributed by atoms with E-state index in [9.17, 15) is 4.39 Å². The summed E-state index contributed by atoms with van der Waals surface area (Å²) in [4.78, 5) is 10.4. The molecule has 2 aromatic rings. The van der Waals surface area contributed by atoms with E-state index < -0.39 is 0 Å². The molecule has 0 radical (unpaired) electrons. The monoisotopic (exact) mass is 397 g/mol. The summed E-state index contributed by atoms with van der Waals surface area (Å²) in [5.41, 5.74) is 4.58. The number of benzene rings is 2. The third-order valence-corrected chi connectivity index (χ3v) is 4.15. The first-order valence-electron chi connectivity index (χ1n) is 9.14. The highest BCUT2D eigenvalue weighted by Crippen LogP contribution is 2.15. The summed E-state index contributed by atoms with van der Waals surface area (Å²) in [6.07, 6.45) is 1.87. The molecule has 0 bridgehead atoms. The molecule has 0 amide bonds. The van der Waals surface area contributed by atoms with Crippen molar-refractivity contribution in [3.63, 3.8) is 0 Å². The van der Waals surface area contributed by atoms with Crippen molar-refractivity contribution in [3.8, 4) is 0 Å². The van der Waals surface area contributed by atoms with E-state index in [1.807, 2.05) is 44.2 Å². The minimum atomic E-state index is -0.265. The van der Waals surface area contributed by atoms with Gasteiger partial charge in [-0.1, -0.05) is 46.7 Å². The number of nitrogens with zero attached hydrogens (tertiary/aromatic N) is 2. The van der Waals surface area contributed by atoms with Crippen LogP contribution in [0.25, 0.3) is 5.57 Å². The van der Waals surface area contributed by atoms with Crippen LogP contribution < -0.4 is 5.32 Å². The minimum absolute atomic E-state index is 0.219. The summed E-state index contributed by atoms with van der Waals surface area (Å²) in [5.74, 6) is -0.00379. The second-order valence-corrected chi connectivity index (χ2v) is 6.32. The lowest BCUT2D eigenvalue weighted by Gasteiger charge is -2.09. The molecule has 0 heterocycles. The minimum Gasteiger partial charge on any atom is -0.398 e. The van der Waals surface area contributed by atoms with Gasteiger partial charge < -0.3 is 9.68 Å². The van der Waals surface area contributed by atoms with E-state index >= 15 is 0 Å². The van der Waals surface area contributed by atoms with Gasteiger partial charge in [-0.15, -0.1) is 0 Å². The van der Waals surface area contributed by atoms with E-state index in [1.165, 1.54) is 19.2 Å². The Hall–Kier alpha value is -3.32. The Bertz CT molecular complexity index is 934. The number of oxime groups is 2. The molecular weight excluding hydrogens is 371 g/mol. The van der Waals surface area contributed by atoms with E-state index in [0.717, 1.165) is 22.3 Å². The van der Waals surface area contributed by atoms with Crippen molar-refractivity contribution in [2.24, 2.45) is 10.3 Å². The van der Waals surface area contributed by atoms with E-state index in [-0.39, 0.29) is 18.3 Å². The standard InChI is InChI=1S/C22H25FN4O2/c1-15(17-9-11-19(23)12-10-17)13-16(2)26-29-14-18-7-5-6-8-20(18)21(27-28-4)22(24)25-3/h5-13H,14H2,1-4H3,(H2,24,25)/p+1/b15-13+,26-16+,27-21+. The van der Waals surface area contributed by atoms with E-state index in [2.05, 4.69) is 10.3 Å². The summed E-state index contributed by atoms with van der Waals surface area (Å²) >= 11 is 0. The first-order valence-corrected chi connectivity index (χ1v) is 9.14. The fourth-order valence-electron chi connectivity index (χ4n) is 2.69. The van der Waals surface area contributed by atoms with Crippen LogP contribution in [0.2, 0.25) is 0 Å². The molecule has 0 aliphatic heterocycles. The van der Waals surface area contributed by atoms with Crippen LogP contribution in [0.4, 0.5) is 4.39 Å². The zero-order valence-electron chi connectivity index (χ0n) is 17.1. The average molecular weight is 397 g/mol. The van der Waals surface area contributed by atoms with Crippen molar-refractivity contribution in [2.45, 2.75) is 20.5 Å². The smallest absolute Gasteiger partial charge is 0.247 e. The van der Waals surface area contributed by atoms with Crippen LogP contribution in [0.3, 0.4) is 0 Å². The molecule has 152 valence electrons. The quantitative estimate of drug-likeness (QED) is 0.407. The van der Waals surface area contributed by atoms with Gasteiger partial charge in [-0.3, -0.25) is 5.32 Å². The summed E-state index contributed by atoms with van der Waals surface area (Å²) < 4.78 is 13.1. The Kier molecular flexibility index (Phi) is 8.24. The van der Waals surface area contributed by atoms with Gasteiger partial charge >= 0.3 is 0 Å². The molecule has 29 heavy (non-hydrogen) atoms. The van der Waals surface area contributed by atoms with Crippen LogP contribution >= 0.6 is 0 Å². The van der Waals surface area contributed by atoms with E-state index in [1.54, 1.807) is 24.5 Å². The Morgan fingerprint density at radius 2 is 1.79 bits per heavy atom. The summed E-state index contributed by atoms with van der Waals surface area (Å²) in [5, 5.41) is 17.9. The topological polar surface area (TPSA) is 83.6 Å². The van der Waals surface area contributed by atoms with Crippen LogP contribution in [-0.2, 0) is 16.3 Å². The highest BCUT2D eigenvalue weighted by Gasteiger charge is 2.17. The van der Waals surface area contributed by atoms with Crippen LogP contribution in [0.1, 0.15) is 30.5 Å². The zero-order valence-corrected chi connectivity index (χ0v) is 17.1. The molecular formula is C22H26FN4O2+. The fourth-order valence-corrected chi connectivity index (χ4v) is 2.69. The van der Waals surface area contributed by atoms with Gasteiger partial charge in [-0.05, 0) is 43.2 Å². The summed E-state index contributed by atoms with van der Waals surface area (Å²) in [7, 11) is 3.22. The summed E-state index contributed by atoms with van der Waals surface area (Å²) in [6, 6.07) is 13.8. The number of nitrogens with one attached hydrogen (secondary N) is 1. The average Bonchev–Trinajstić information content (AvgIpc) is 2.72. The second-order valence-electron chi connectivity index (χ2n) is 6.32. The molecule has 0 aromatic heterocycles. The maximum atomic E-state index is 13.1. The van der Waals surface area contributed by atoms with Gasteiger partial charge in [-0.2, -0.15) is 0 Å². The third-order valence-electron chi connectivity index (χ3n) is 4.15. The van der Waals surface area contributed by atoms with E-state index in [0.29, 0.717) is 11.4 Å². The third kappa shape index (κ3) is 6.36. The Morgan fingerprint density at radius 3 is 2.45 bits per heavy atom. The fraction of sp³-hybridized carbons (Fsp3) is 0.227. The molecule has 0 fully saturated rings. The van der Waals surface area contributed by atoms with Crippen molar-refractivity contribution in [2.75, 3.05) is 14.2 Å². The number of nitrogens with two attached hydrogens (primary N) is 1. The van der Waals surface area contributed by atoms with Gasteiger partial charge in [0.05, 0.1) is 12.8 Å². The normalized spacial score (nSPS) is 12.7. The molecule has 6 nitrogen and oxygen atoms in total. The van der Waals surface area contributed by atoms with Crippen molar-refractivity contribution >= 4 is 22.8 Å². The number of hydrogen-bond donors (Lipinski definition) is 2. The molecule has 0 spiro atoms. The maximum absolute atomic E-state index is 13.1. The molecule has 0 saturated heterocycles. The van der Waals surface area contributed by atoms with Crippen LogP contribution in [-0.4, -0.2) is 31.4 Å². The number of amidine groups is 1. The SMILES string of the molecule is C[NH2+]C(=N)/C(=N/OC)c1ccccc1CO/N=C(C)/C=C(\C)c1ccc(F)cc1. The zero-order chi connectivity index (χ0) is 21.2. The second kappa shape index (κ2) is 10.9. The van der Waals surface area contributed by atoms with Crippen molar-refractivity contribution in [3.05, 3.63) is 77.1 Å². The van der Waals surface area contributed by atoms with Gasteiger partial charge in [0.25, 0.3) is 0 Å². The predicted molar refractivity (Wildman–Crippen MR) is 114 cm³/mol. The first kappa shape index (κ1) is 22.0. The lowest BCUT2D eigenvalue weighted by molar-refractivity contribution is -0.503. The number of quaternary nitrogens is 1. The Morgan fingerprint density at radius 1 is 1.10 bits per heavy atom. The maximum Gasteiger partial charge on any atom is 0.247 e. The molecule has 3 N–H and O–H groups in total. The van der Waals surface area contributed by atoms with Gasteiger partial charge in [-0.25, -0.2) is 9.80 Å². The van der Waals surface area contributed by atoms with Gasteiger partial charge in [0.2, 0.25) is 5.84 Å². The number of hydrogen-bond acceptors (Lipinski definition) is 5. The molecule has 0 aliphatic carbocycles. The summed E-state index contributed by atoms with van der Waals surface area (Å²) in [6.45, 7) is 3.98. The lowest BCUT2D eigenvalue weighted by atomic mass is 10.0. The molecule has 0 aliphatic rings. The van der Waals surface area contributed by atoms with Crippen molar-refractivity contribution in [1.29, 1.82) is 5.41 Å². The van der Waals surface area contributed by atoms with Crippen LogP contribution in [0, 0.1) is 11.2 Å². The molecule has 0 atom stereocenters. The van der Waals surface area contributed by atoms with Gasteiger partial charge in [0, 0.05) is 11.1 Å². The number of halogens is 1. The van der Waals surface area contributed by atoms with Crippen LogP contribution in [0.5, 0.6) is 0 Å². The molecule has 0 saturated carbocycles. The van der Waals surface area contributed by atoms with Gasteiger partial charge in [0.15, 0.2) is 5.71 Å². The number of allylic oxidation sites excluding steroid dienone is 2. The Labute approximate surface area is 170 Å². The predicted octanol–water partition coefficient (Wildman–Crippen LogP) is 3.34. The molecule has 2 aromatic carbocycles. The largest absolute Gasteiger partial charge is 0.398 e. The lowest BCUT2D eigenvalue weighted by Crippen LogP contribution is -2.85. The highest BCUT2D eigenvalue weighted by molar-refractivity contribution is 6.43. The van der Waals surface area contributed by atoms with Crippen molar-refractivity contribution < 1.29 is 19.4 Å². The molecule has 7 heteroatoms. The number of likely N-dealkylation sites (N-methyl/N-ethyl adjacent to an activating group) is 1. The first-order chi connectivity index (χ1) is 14.0. The molecule has 2 rings (SSSR count). The highest BCUT2D eigenvalue weighted by atomic mass is 19.1.